The van der Waals surface area contributed by atoms with Crippen molar-refractivity contribution in [2.45, 2.75) is 77.8 Å². The molecule has 136 valence electrons. The number of fused-ring (bicyclic) bond motifs is 1. The predicted octanol–water partition coefficient (Wildman–Crippen LogP) is 4.98. The van der Waals surface area contributed by atoms with Gasteiger partial charge in [-0.05, 0) is 37.8 Å². The van der Waals surface area contributed by atoms with E-state index in [2.05, 4.69) is 28.1 Å². The van der Waals surface area contributed by atoms with Crippen molar-refractivity contribution in [3.63, 3.8) is 0 Å². The Balaban J connectivity index is 1.79. The summed E-state index contributed by atoms with van der Waals surface area (Å²) in [5.74, 6) is 1.94. The zero-order valence-corrected chi connectivity index (χ0v) is 15.6. The zero-order chi connectivity index (χ0) is 17.6. The lowest BCUT2D eigenvalue weighted by Crippen LogP contribution is -2.28. The summed E-state index contributed by atoms with van der Waals surface area (Å²) in [5.41, 5.74) is 2.21. The third kappa shape index (κ3) is 4.42. The van der Waals surface area contributed by atoms with Gasteiger partial charge in [-0.1, -0.05) is 51.2 Å². The quantitative estimate of drug-likeness (QED) is 0.771. The fraction of sp³-hybridized carbons (Fsp3) is 0.619. The Hall–Kier alpha value is -1.84. The van der Waals surface area contributed by atoms with E-state index >= 15 is 0 Å². The number of amides is 1. The van der Waals surface area contributed by atoms with Crippen LogP contribution in [-0.4, -0.2) is 15.5 Å². The Morgan fingerprint density at radius 2 is 2.04 bits per heavy atom. The van der Waals surface area contributed by atoms with Crippen LogP contribution >= 0.6 is 0 Å². The molecule has 1 heterocycles. The summed E-state index contributed by atoms with van der Waals surface area (Å²) in [6.45, 7) is 5.07. The summed E-state index contributed by atoms with van der Waals surface area (Å²) in [6, 6.07) is 8.26. The Bertz CT molecular complexity index is 700. The van der Waals surface area contributed by atoms with Crippen molar-refractivity contribution in [3.8, 4) is 0 Å². The first-order valence-electron chi connectivity index (χ1n) is 9.93. The third-order valence-electron chi connectivity index (χ3n) is 5.41. The minimum absolute atomic E-state index is 0.0576. The number of para-hydroxylation sites is 2. The van der Waals surface area contributed by atoms with Crippen LogP contribution in [0.5, 0.6) is 0 Å². The fourth-order valence-electron chi connectivity index (χ4n) is 4.05. The molecule has 3 rings (SSSR count). The lowest BCUT2D eigenvalue weighted by Gasteiger charge is -2.23. The maximum atomic E-state index is 12.0. The van der Waals surface area contributed by atoms with Crippen LogP contribution in [0.1, 0.15) is 77.1 Å². The van der Waals surface area contributed by atoms with Gasteiger partial charge in [-0.2, -0.15) is 0 Å². The van der Waals surface area contributed by atoms with Crippen LogP contribution in [0, 0.1) is 5.92 Å². The van der Waals surface area contributed by atoms with Gasteiger partial charge in [0.1, 0.15) is 5.82 Å². The molecule has 1 aliphatic carbocycles. The highest BCUT2D eigenvalue weighted by atomic mass is 16.1. The van der Waals surface area contributed by atoms with Crippen LogP contribution in [0.2, 0.25) is 0 Å². The number of hydrogen-bond donors (Lipinski definition) is 1. The van der Waals surface area contributed by atoms with E-state index < -0.39 is 0 Å². The molecule has 1 aromatic heterocycles. The van der Waals surface area contributed by atoms with Crippen molar-refractivity contribution in [2.24, 2.45) is 5.92 Å². The molecule has 0 aliphatic heterocycles. The zero-order valence-electron chi connectivity index (χ0n) is 15.6. The Morgan fingerprint density at radius 1 is 1.28 bits per heavy atom. The molecule has 1 fully saturated rings. The number of imidazole rings is 1. The van der Waals surface area contributed by atoms with Crippen LogP contribution < -0.4 is 5.32 Å². The minimum Gasteiger partial charge on any atom is -0.346 e. The maximum Gasteiger partial charge on any atom is 0.220 e. The standard InChI is InChI=1S/C21H31N3O/c1-3-9-20(25)22-16(2)21-23-18-12-7-8-13-19(18)24(21)15-14-17-10-5-4-6-11-17/h7-8,12-13,16-17H,3-6,9-11,14-15H2,1-2H3,(H,22,25). The molecular weight excluding hydrogens is 310 g/mol. The van der Waals surface area contributed by atoms with Gasteiger partial charge in [0.2, 0.25) is 5.91 Å². The average Bonchev–Trinajstić information content (AvgIpc) is 3.00. The van der Waals surface area contributed by atoms with E-state index in [1.807, 2.05) is 19.9 Å². The summed E-state index contributed by atoms with van der Waals surface area (Å²) in [7, 11) is 0. The summed E-state index contributed by atoms with van der Waals surface area (Å²) in [6.07, 6.45) is 9.55. The Kier molecular flexibility index (Phi) is 6.11. The second-order valence-electron chi connectivity index (χ2n) is 7.44. The van der Waals surface area contributed by atoms with Crippen LogP contribution in [-0.2, 0) is 11.3 Å². The summed E-state index contributed by atoms with van der Waals surface area (Å²) >= 11 is 0. The largest absolute Gasteiger partial charge is 0.346 e. The van der Waals surface area contributed by atoms with Crippen molar-refractivity contribution < 1.29 is 4.79 Å². The summed E-state index contributed by atoms with van der Waals surface area (Å²) < 4.78 is 2.33. The number of hydrogen-bond acceptors (Lipinski definition) is 2. The number of nitrogens with one attached hydrogen (secondary N) is 1. The first kappa shape index (κ1) is 18.0. The number of nitrogens with zero attached hydrogens (tertiary/aromatic N) is 2. The molecule has 1 aromatic carbocycles. The first-order valence-corrected chi connectivity index (χ1v) is 9.93. The van der Waals surface area contributed by atoms with Gasteiger partial charge in [0.05, 0.1) is 17.1 Å². The van der Waals surface area contributed by atoms with E-state index in [4.69, 9.17) is 4.98 Å². The SMILES string of the molecule is CCCC(=O)NC(C)c1nc2ccccc2n1CCC1CCCCC1. The van der Waals surface area contributed by atoms with Gasteiger partial charge in [0, 0.05) is 13.0 Å². The molecule has 4 nitrogen and oxygen atoms in total. The van der Waals surface area contributed by atoms with E-state index in [-0.39, 0.29) is 11.9 Å². The van der Waals surface area contributed by atoms with Crippen LogP contribution in [0.4, 0.5) is 0 Å². The Morgan fingerprint density at radius 3 is 2.80 bits per heavy atom. The fourth-order valence-corrected chi connectivity index (χ4v) is 4.05. The molecule has 1 unspecified atom stereocenters. The van der Waals surface area contributed by atoms with Crippen LogP contribution in [0.15, 0.2) is 24.3 Å². The highest BCUT2D eigenvalue weighted by Gasteiger charge is 2.20. The molecule has 0 saturated heterocycles. The smallest absolute Gasteiger partial charge is 0.220 e. The molecule has 1 atom stereocenters. The van der Waals surface area contributed by atoms with Gasteiger partial charge in [0.25, 0.3) is 0 Å². The molecule has 1 saturated carbocycles. The lowest BCUT2D eigenvalue weighted by atomic mass is 9.87. The monoisotopic (exact) mass is 341 g/mol. The number of carbonyl (C=O) groups excluding carboxylic acids is 1. The molecule has 25 heavy (non-hydrogen) atoms. The van der Waals surface area contributed by atoms with Gasteiger partial charge >= 0.3 is 0 Å². The van der Waals surface area contributed by atoms with Crippen molar-refractivity contribution in [3.05, 3.63) is 30.1 Å². The number of carbonyl (C=O) groups is 1. The average molecular weight is 341 g/mol. The third-order valence-corrected chi connectivity index (χ3v) is 5.41. The molecule has 1 aliphatic rings. The molecule has 0 bridgehead atoms. The molecule has 1 amide bonds. The number of aromatic nitrogens is 2. The van der Waals surface area contributed by atoms with Crippen molar-refractivity contribution in [1.82, 2.24) is 14.9 Å². The highest BCUT2D eigenvalue weighted by Crippen LogP contribution is 2.28. The lowest BCUT2D eigenvalue weighted by molar-refractivity contribution is -0.121. The van der Waals surface area contributed by atoms with Gasteiger partial charge < -0.3 is 9.88 Å². The van der Waals surface area contributed by atoms with Crippen LogP contribution in [0.25, 0.3) is 11.0 Å². The van der Waals surface area contributed by atoms with Crippen molar-refractivity contribution in [1.29, 1.82) is 0 Å². The Labute approximate surface area is 151 Å². The second-order valence-corrected chi connectivity index (χ2v) is 7.44. The second kappa shape index (κ2) is 8.50. The minimum atomic E-state index is -0.0576. The van der Waals surface area contributed by atoms with Gasteiger partial charge in [-0.25, -0.2) is 4.98 Å². The summed E-state index contributed by atoms with van der Waals surface area (Å²) in [5, 5.41) is 3.11. The van der Waals surface area contributed by atoms with E-state index in [0.717, 1.165) is 30.2 Å². The number of aryl methyl sites for hydroxylation is 1. The molecular formula is C21H31N3O. The molecule has 4 heteroatoms. The van der Waals surface area contributed by atoms with E-state index in [1.165, 1.54) is 44.0 Å². The van der Waals surface area contributed by atoms with Gasteiger partial charge in [-0.15, -0.1) is 0 Å². The number of benzene rings is 1. The number of rotatable bonds is 7. The molecule has 2 aromatic rings. The molecule has 1 N–H and O–H groups in total. The van der Waals surface area contributed by atoms with E-state index in [0.29, 0.717) is 6.42 Å². The first-order chi connectivity index (χ1) is 12.2. The van der Waals surface area contributed by atoms with Crippen LogP contribution in [0.3, 0.4) is 0 Å². The molecule has 0 spiro atoms. The van der Waals surface area contributed by atoms with Crippen molar-refractivity contribution >= 4 is 16.9 Å². The van der Waals surface area contributed by atoms with Gasteiger partial charge in [0.15, 0.2) is 0 Å². The predicted molar refractivity (Wildman–Crippen MR) is 102 cm³/mol. The topological polar surface area (TPSA) is 46.9 Å². The molecule has 0 radical (unpaired) electrons. The summed E-state index contributed by atoms with van der Waals surface area (Å²) in [4.78, 5) is 16.8. The van der Waals surface area contributed by atoms with E-state index in [1.54, 1.807) is 0 Å². The normalized spacial score (nSPS) is 16.9. The van der Waals surface area contributed by atoms with E-state index in [9.17, 15) is 4.79 Å². The van der Waals surface area contributed by atoms with Crippen molar-refractivity contribution in [2.75, 3.05) is 0 Å². The van der Waals surface area contributed by atoms with Gasteiger partial charge in [-0.3, -0.25) is 4.79 Å². The maximum absolute atomic E-state index is 12.0. The highest BCUT2D eigenvalue weighted by molar-refractivity contribution is 5.78.